The van der Waals surface area contributed by atoms with Crippen LogP contribution in [0.25, 0.3) is 0 Å². The number of anilines is 2. The van der Waals surface area contributed by atoms with Crippen LogP contribution in [0.2, 0.25) is 0 Å². The van der Waals surface area contributed by atoms with E-state index in [1.165, 1.54) is 0 Å². The summed E-state index contributed by atoms with van der Waals surface area (Å²) in [5.41, 5.74) is 3.09. The lowest BCUT2D eigenvalue weighted by molar-refractivity contribution is -0.144. The van der Waals surface area contributed by atoms with Crippen molar-refractivity contribution in [2.24, 2.45) is 11.8 Å². The van der Waals surface area contributed by atoms with Gasteiger partial charge in [0.25, 0.3) is 5.91 Å². The second kappa shape index (κ2) is 8.82. The summed E-state index contributed by atoms with van der Waals surface area (Å²) in [7, 11) is 0. The van der Waals surface area contributed by atoms with E-state index >= 15 is 0 Å². The topological polar surface area (TPSA) is 104 Å². The molecule has 3 N–H and O–H groups in total. The second-order valence-corrected chi connectivity index (χ2v) is 7.38. The Bertz CT molecular complexity index is 831. The zero-order chi connectivity index (χ0) is 20.1. The number of amides is 1. The Hall–Kier alpha value is -2.96. The van der Waals surface area contributed by atoms with Crippen molar-refractivity contribution in [1.82, 2.24) is 15.3 Å². The third-order valence-electron chi connectivity index (χ3n) is 5.14. The number of rotatable bonds is 6. The molecule has 1 aliphatic rings. The molecule has 148 valence electrons. The maximum atomic E-state index is 12.4. The number of hydrogen-bond donors (Lipinski definition) is 3. The lowest BCUT2D eigenvalue weighted by Gasteiger charge is -2.28. The van der Waals surface area contributed by atoms with Gasteiger partial charge in [-0.15, -0.1) is 0 Å². The van der Waals surface area contributed by atoms with Crippen LogP contribution in [0, 0.1) is 25.7 Å². The van der Waals surface area contributed by atoms with Crippen LogP contribution in [0.15, 0.2) is 30.3 Å². The number of carbonyl (C=O) groups is 2. The van der Waals surface area contributed by atoms with Gasteiger partial charge in [0, 0.05) is 29.2 Å². The van der Waals surface area contributed by atoms with Gasteiger partial charge in [-0.05, 0) is 62.9 Å². The first-order valence-corrected chi connectivity index (χ1v) is 9.63. The Morgan fingerprint density at radius 1 is 1.07 bits per heavy atom. The highest BCUT2D eigenvalue weighted by Gasteiger charge is 2.30. The molecular formula is C21H26N4O3. The van der Waals surface area contributed by atoms with Gasteiger partial charge < -0.3 is 15.7 Å². The molecule has 1 aromatic heterocycles. The Morgan fingerprint density at radius 2 is 1.71 bits per heavy atom. The smallest absolute Gasteiger partial charge is 0.306 e. The molecule has 1 fully saturated rings. The quantitative estimate of drug-likeness (QED) is 0.707. The Balaban J connectivity index is 1.58. The molecule has 0 radical (unpaired) electrons. The monoisotopic (exact) mass is 382 g/mol. The third kappa shape index (κ3) is 5.06. The number of nitrogens with one attached hydrogen (secondary N) is 2. The molecule has 1 aliphatic carbocycles. The molecule has 3 rings (SSSR count). The van der Waals surface area contributed by atoms with Crippen LogP contribution in [0.1, 0.15) is 47.4 Å². The van der Waals surface area contributed by atoms with Crippen LogP contribution in [0.3, 0.4) is 0 Å². The number of carboxylic acids is 1. The Morgan fingerprint density at radius 3 is 2.36 bits per heavy atom. The molecule has 1 aromatic carbocycles. The van der Waals surface area contributed by atoms with E-state index in [0.29, 0.717) is 24.5 Å². The number of hydrogen-bond acceptors (Lipinski definition) is 5. The maximum Gasteiger partial charge on any atom is 0.306 e. The van der Waals surface area contributed by atoms with Gasteiger partial charge in [0.05, 0.1) is 5.92 Å². The summed E-state index contributed by atoms with van der Waals surface area (Å²) in [5, 5.41) is 15.4. The summed E-state index contributed by atoms with van der Waals surface area (Å²) in [6.45, 7) is 4.22. The molecule has 2 aromatic rings. The van der Waals surface area contributed by atoms with Crippen molar-refractivity contribution in [1.29, 1.82) is 0 Å². The number of carboxylic acid groups (broad SMARTS) is 1. The van der Waals surface area contributed by atoms with E-state index in [1.54, 1.807) is 24.3 Å². The minimum Gasteiger partial charge on any atom is -0.481 e. The lowest BCUT2D eigenvalue weighted by Crippen LogP contribution is -2.37. The fraction of sp³-hybridized carbons (Fsp3) is 0.429. The summed E-state index contributed by atoms with van der Waals surface area (Å²) >= 11 is 0. The summed E-state index contributed by atoms with van der Waals surface area (Å²) in [5.74, 6) is -0.796. The summed E-state index contributed by atoms with van der Waals surface area (Å²) in [6, 6.07) is 8.97. The standard InChI is InChI=1S/C21H26N4O3/c1-13-11-14(2)24-21(23-13)25-17-9-7-15(8-10-17)19(26)22-12-16-5-3-4-6-18(16)20(27)28/h7-11,16,18H,3-6,12H2,1-2H3,(H,22,26)(H,27,28)(H,23,24,25)/t16-,18-/m0/s1. The van der Waals surface area contributed by atoms with Crippen LogP contribution >= 0.6 is 0 Å². The molecule has 0 unspecified atom stereocenters. The molecule has 2 atom stereocenters. The van der Waals surface area contributed by atoms with Crippen LogP contribution in [-0.4, -0.2) is 33.5 Å². The highest BCUT2D eigenvalue weighted by atomic mass is 16.4. The second-order valence-electron chi connectivity index (χ2n) is 7.38. The maximum absolute atomic E-state index is 12.4. The van der Waals surface area contributed by atoms with Crippen molar-refractivity contribution >= 4 is 23.5 Å². The molecule has 0 spiro atoms. The zero-order valence-electron chi connectivity index (χ0n) is 16.2. The average Bonchev–Trinajstić information content (AvgIpc) is 2.66. The van der Waals surface area contributed by atoms with E-state index in [4.69, 9.17) is 0 Å². The fourth-order valence-electron chi connectivity index (χ4n) is 3.72. The summed E-state index contributed by atoms with van der Waals surface area (Å²) in [6.07, 6.45) is 3.50. The van der Waals surface area contributed by atoms with E-state index < -0.39 is 5.97 Å². The fourth-order valence-corrected chi connectivity index (χ4v) is 3.72. The Labute approximate surface area is 164 Å². The number of carbonyl (C=O) groups excluding carboxylic acids is 1. The molecule has 1 saturated carbocycles. The van der Waals surface area contributed by atoms with Crippen molar-refractivity contribution in [3.05, 3.63) is 47.3 Å². The first kappa shape index (κ1) is 19.8. The van der Waals surface area contributed by atoms with Gasteiger partial charge in [-0.25, -0.2) is 9.97 Å². The van der Waals surface area contributed by atoms with Crippen molar-refractivity contribution in [2.75, 3.05) is 11.9 Å². The minimum atomic E-state index is -0.761. The first-order chi connectivity index (χ1) is 13.4. The molecule has 0 saturated heterocycles. The van der Waals surface area contributed by atoms with Gasteiger partial charge in [0.1, 0.15) is 0 Å². The van der Waals surface area contributed by atoms with Crippen molar-refractivity contribution in [3.63, 3.8) is 0 Å². The predicted octanol–water partition coefficient (Wildman–Crippen LogP) is 3.46. The van der Waals surface area contributed by atoms with E-state index in [9.17, 15) is 14.7 Å². The van der Waals surface area contributed by atoms with Crippen molar-refractivity contribution in [2.45, 2.75) is 39.5 Å². The number of benzene rings is 1. The Kier molecular flexibility index (Phi) is 6.23. The van der Waals surface area contributed by atoms with Gasteiger partial charge in [-0.2, -0.15) is 0 Å². The molecule has 7 nitrogen and oxygen atoms in total. The largest absolute Gasteiger partial charge is 0.481 e. The number of aromatic nitrogens is 2. The highest BCUT2D eigenvalue weighted by molar-refractivity contribution is 5.94. The van der Waals surface area contributed by atoms with Crippen LogP contribution < -0.4 is 10.6 Å². The normalized spacial score (nSPS) is 19.1. The number of aliphatic carboxylic acids is 1. The van der Waals surface area contributed by atoms with E-state index in [2.05, 4.69) is 20.6 Å². The first-order valence-electron chi connectivity index (χ1n) is 9.63. The van der Waals surface area contributed by atoms with Gasteiger partial charge >= 0.3 is 5.97 Å². The van der Waals surface area contributed by atoms with E-state index in [-0.39, 0.29) is 17.7 Å². The van der Waals surface area contributed by atoms with Crippen LogP contribution in [0.5, 0.6) is 0 Å². The van der Waals surface area contributed by atoms with Crippen molar-refractivity contribution < 1.29 is 14.7 Å². The molecule has 1 amide bonds. The third-order valence-corrected chi connectivity index (χ3v) is 5.14. The van der Waals surface area contributed by atoms with Gasteiger partial charge in [-0.1, -0.05) is 12.8 Å². The van der Waals surface area contributed by atoms with Crippen LogP contribution in [0.4, 0.5) is 11.6 Å². The molecule has 1 heterocycles. The van der Waals surface area contributed by atoms with Gasteiger partial charge in [0.15, 0.2) is 0 Å². The van der Waals surface area contributed by atoms with Crippen LogP contribution in [-0.2, 0) is 4.79 Å². The molecular weight excluding hydrogens is 356 g/mol. The predicted molar refractivity (Wildman–Crippen MR) is 107 cm³/mol. The van der Waals surface area contributed by atoms with Gasteiger partial charge in [-0.3, -0.25) is 9.59 Å². The van der Waals surface area contributed by atoms with E-state index in [0.717, 1.165) is 36.3 Å². The highest BCUT2D eigenvalue weighted by Crippen LogP contribution is 2.29. The van der Waals surface area contributed by atoms with Gasteiger partial charge in [0.2, 0.25) is 5.95 Å². The molecule has 28 heavy (non-hydrogen) atoms. The summed E-state index contributed by atoms with van der Waals surface area (Å²) in [4.78, 5) is 32.5. The van der Waals surface area contributed by atoms with Crippen molar-refractivity contribution in [3.8, 4) is 0 Å². The number of aryl methyl sites for hydroxylation is 2. The molecule has 7 heteroatoms. The SMILES string of the molecule is Cc1cc(C)nc(Nc2ccc(C(=O)NC[C@@H]3CCCC[C@@H]3C(=O)O)cc2)n1. The van der Waals surface area contributed by atoms with E-state index in [1.807, 2.05) is 19.9 Å². The lowest BCUT2D eigenvalue weighted by atomic mass is 9.79. The summed E-state index contributed by atoms with van der Waals surface area (Å²) < 4.78 is 0. The molecule has 0 aliphatic heterocycles. The minimum absolute atomic E-state index is 0.00199. The average molecular weight is 382 g/mol. The number of nitrogens with zero attached hydrogens (tertiary/aromatic N) is 2. The zero-order valence-corrected chi connectivity index (χ0v) is 16.2. The molecule has 0 bridgehead atoms.